The molecule has 0 spiro atoms. The molecule has 170 valence electrons. The van der Waals surface area contributed by atoms with Gasteiger partial charge in [0.1, 0.15) is 5.82 Å². The fourth-order valence-electron chi connectivity index (χ4n) is 3.30. The molecular weight excluding hydrogens is 507 g/mol. The molecule has 0 aliphatic heterocycles. The van der Waals surface area contributed by atoms with E-state index in [2.05, 4.69) is 32.7 Å². The van der Waals surface area contributed by atoms with Crippen LogP contribution in [0.25, 0.3) is 11.3 Å². The zero-order chi connectivity index (χ0) is 21.3. The van der Waals surface area contributed by atoms with Gasteiger partial charge in [0.2, 0.25) is 0 Å². The van der Waals surface area contributed by atoms with Crippen LogP contribution < -0.4 is 10.6 Å². The molecule has 3 rings (SSSR count). The molecule has 2 aromatic rings. The second-order valence-electron chi connectivity index (χ2n) is 7.47. The van der Waals surface area contributed by atoms with E-state index in [9.17, 15) is 4.79 Å². The average molecular weight is 540 g/mol. The quantitative estimate of drug-likeness (QED) is 0.257. The minimum Gasteiger partial charge on any atom is -0.450 e. The number of nitrogens with zero attached hydrogens (tertiary/aromatic N) is 3. The number of halogens is 1. The van der Waals surface area contributed by atoms with Crippen LogP contribution in [0.4, 0.5) is 4.79 Å². The Bertz CT molecular complexity index is 838. The maximum atomic E-state index is 11.8. The van der Waals surface area contributed by atoms with Crippen molar-refractivity contribution in [3.63, 3.8) is 0 Å². The van der Waals surface area contributed by atoms with Crippen molar-refractivity contribution >= 4 is 36.0 Å². The molecule has 1 fully saturated rings. The van der Waals surface area contributed by atoms with Crippen LogP contribution in [0, 0.1) is 5.92 Å². The predicted molar refractivity (Wildman–Crippen MR) is 134 cm³/mol. The van der Waals surface area contributed by atoms with Crippen molar-refractivity contribution in [2.75, 3.05) is 26.7 Å². The SMILES string of the molecule is CCNC(=NCC(NC(=O)OCC)C1CC1)N(C)Cc1ncc(-c2ccccc2)[nH]1.I. The smallest absolute Gasteiger partial charge is 0.407 e. The highest BCUT2D eigenvalue weighted by atomic mass is 127. The van der Waals surface area contributed by atoms with Gasteiger partial charge in [-0.15, -0.1) is 24.0 Å². The van der Waals surface area contributed by atoms with Gasteiger partial charge in [0, 0.05) is 13.6 Å². The van der Waals surface area contributed by atoms with Crippen LogP contribution in [0.15, 0.2) is 41.5 Å². The highest BCUT2D eigenvalue weighted by Gasteiger charge is 2.32. The molecule has 8 nitrogen and oxygen atoms in total. The van der Waals surface area contributed by atoms with E-state index in [1.165, 1.54) is 0 Å². The first-order valence-electron chi connectivity index (χ1n) is 10.6. The summed E-state index contributed by atoms with van der Waals surface area (Å²) in [7, 11) is 1.98. The summed E-state index contributed by atoms with van der Waals surface area (Å²) in [6.45, 7) is 6.09. The van der Waals surface area contributed by atoms with Crippen molar-refractivity contribution in [3.8, 4) is 11.3 Å². The maximum absolute atomic E-state index is 11.8. The molecule has 9 heteroatoms. The van der Waals surface area contributed by atoms with Gasteiger partial charge in [-0.3, -0.25) is 4.99 Å². The van der Waals surface area contributed by atoms with Crippen molar-refractivity contribution in [3.05, 3.63) is 42.4 Å². The normalized spacial score (nSPS) is 14.4. The van der Waals surface area contributed by atoms with Gasteiger partial charge in [0.25, 0.3) is 0 Å². The van der Waals surface area contributed by atoms with E-state index in [1.807, 2.05) is 43.3 Å². The van der Waals surface area contributed by atoms with Crippen LogP contribution in [0.1, 0.15) is 32.5 Å². The van der Waals surface area contributed by atoms with E-state index in [4.69, 9.17) is 9.73 Å². The first-order valence-corrected chi connectivity index (χ1v) is 10.6. The second kappa shape index (κ2) is 12.5. The van der Waals surface area contributed by atoms with Crippen LogP contribution in [-0.4, -0.2) is 59.7 Å². The van der Waals surface area contributed by atoms with Crippen LogP contribution >= 0.6 is 24.0 Å². The summed E-state index contributed by atoms with van der Waals surface area (Å²) in [5.41, 5.74) is 2.10. The Balaban J connectivity index is 0.00000341. The van der Waals surface area contributed by atoms with Gasteiger partial charge in [-0.2, -0.15) is 0 Å². The van der Waals surface area contributed by atoms with E-state index in [1.54, 1.807) is 6.92 Å². The Kier molecular flexibility index (Phi) is 10.1. The molecule has 0 saturated heterocycles. The third-order valence-corrected chi connectivity index (χ3v) is 5.00. The lowest BCUT2D eigenvalue weighted by Gasteiger charge is -2.22. The van der Waals surface area contributed by atoms with Gasteiger partial charge >= 0.3 is 6.09 Å². The number of benzene rings is 1. The fourth-order valence-corrected chi connectivity index (χ4v) is 3.30. The fraction of sp³-hybridized carbons (Fsp3) is 0.500. The number of alkyl carbamates (subject to hydrolysis) is 1. The molecule has 0 radical (unpaired) electrons. The van der Waals surface area contributed by atoms with Crippen LogP contribution in [0.2, 0.25) is 0 Å². The monoisotopic (exact) mass is 540 g/mol. The third-order valence-electron chi connectivity index (χ3n) is 5.00. The van der Waals surface area contributed by atoms with Gasteiger partial charge < -0.3 is 25.3 Å². The molecule has 0 bridgehead atoms. The van der Waals surface area contributed by atoms with E-state index in [0.29, 0.717) is 25.6 Å². The van der Waals surface area contributed by atoms with Crippen molar-refractivity contribution in [1.82, 2.24) is 25.5 Å². The molecule has 3 N–H and O–H groups in total. The summed E-state index contributed by atoms with van der Waals surface area (Å²) in [5, 5.41) is 6.28. The van der Waals surface area contributed by atoms with Crippen molar-refractivity contribution in [1.29, 1.82) is 0 Å². The molecule has 31 heavy (non-hydrogen) atoms. The van der Waals surface area contributed by atoms with E-state index in [-0.39, 0.29) is 36.1 Å². The van der Waals surface area contributed by atoms with Crippen molar-refractivity contribution < 1.29 is 9.53 Å². The summed E-state index contributed by atoms with van der Waals surface area (Å²) >= 11 is 0. The molecule has 1 aliphatic carbocycles. The number of guanidine groups is 1. The number of H-pyrrole nitrogens is 1. The van der Waals surface area contributed by atoms with Gasteiger partial charge in [-0.25, -0.2) is 9.78 Å². The van der Waals surface area contributed by atoms with Gasteiger partial charge in [0.15, 0.2) is 5.96 Å². The number of imidazole rings is 1. The van der Waals surface area contributed by atoms with Gasteiger partial charge in [0.05, 0.1) is 37.6 Å². The average Bonchev–Trinajstić information content (AvgIpc) is 3.49. The molecule has 1 atom stereocenters. The minimum absolute atomic E-state index is 0. The van der Waals surface area contributed by atoms with Crippen LogP contribution in [0.5, 0.6) is 0 Å². The Hall–Kier alpha value is -2.30. The van der Waals surface area contributed by atoms with Crippen molar-refractivity contribution in [2.45, 2.75) is 39.3 Å². The van der Waals surface area contributed by atoms with E-state index in [0.717, 1.165) is 42.4 Å². The lowest BCUT2D eigenvalue weighted by Crippen LogP contribution is -2.42. The predicted octanol–water partition coefficient (Wildman–Crippen LogP) is 3.62. The Morgan fingerprint density at radius 2 is 2.06 bits per heavy atom. The summed E-state index contributed by atoms with van der Waals surface area (Å²) in [6, 6.07) is 10.1. The number of ether oxygens (including phenoxy) is 1. The van der Waals surface area contributed by atoms with Gasteiger partial charge in [-0.05, 0) is 38.2 Å². The lowest BCUT2D eigenvalue weighted by atomic mass is 10.2. The third kappa shape index (κ3) is 7.71. The number of aromatic nitrogens is 2. The number of hydrogen-bond donors (Lipinski definition) is 3. The topological polar surface area (TPSA) is 94.6 Å². The molecular formula is C22H33IN6O2. The highest BCUT2D eigenvalue weighted by molar-refractivity contribution is 14.0. The number of nitrogens with one attached hydrogen (secondary N) is 3. The number of rotatable bonds is 9. The number of carbonyl (C=O) groups excluding carboxylic acids is 1. The summed E-state index contributed by atoms with van der Waals surface area (Å²) in [6.07, 6.45) is 3.72. The lowest BCUT2D eigenvalue weighted by molar-refractivity contribution is 0.147. The molecule has 1 unspecified atom stereocenters. The minimum atomic E-state index is -0.369. The van der Waals surface area contributed by atoms with E-state index < -0.39 is 0 Å². The molecule has 1 aliphatic rings. The van der Waals surface area contributed by atoms with E-state index >= 15 is 0 Å². The largest absolute Gasteiger partial charge is 0.450 e. The number of amides is 1. The Morgan fingerprint density at radius 3 is 2.71 bits per heavy atom. The summed E-state index contributed by atoms with van der Waals surface area (Å²) < 4.78 is 5.03. The molecule has 1 aromatic carbocycles. The summed E-state index contributed by atoms with van der Waals surface area (Å²) in [4.78, 5) is 26.5. The van der Waals surface area contributed by atoms with Crippen LogP contribution in [-0.2, 0) is 11.3 Å². The highest BCUT2D eigenvalue weighted by Crippen LogP contribution is 2.32. The Morgan fingerprint density at radius 1 is 1.32 bits per heavy atom. The number of aliphatic imine (C=N–C) groups is 1. The zero-order valence-corrected chi connectivity index (χ0v) is 20.8. The number of carbonyl (C=O) groups is 1. The Labute approximate surface area is 201 Å². The summed E-state index contributed by atoms with van der Waals surface area (Å²) in [5.74, 6) is 2.13. The molecule has 1 heterocycles. The van der Waals surface area contributed by atoms with Crippen molar-refractivity contribution in [2.24, 2.45) is 10.9 Å². The molecule has 1 saturated carbocycles. The molecule has 1 aromatic heterocycles. The second-order valence-corrected chi connectivity index (χ2v) is 7.47. The number of hydrogen-bond acceptors (Lipinski definition) is 4. The molecule has 1 amide bonds. The first-order chi connectivity index (χ1) is 14.6. The standard InChI is InChI=1S/C22H32N6O2.HI/c1-4-23-21(25-14-19(17-11-12-17)27-22(29)30-5-2)28(3)15-20-24-13-18(26-20)16-9-7-6-8-10-16;/h6-10,13,17,19H,4-5,11-12,14-15H2,1-3H3,(H,23,25)(H,24,26)(H,27,29);1H. The van der Waals surface area contributed by atoms with Crippen LogP contribution in [0.3, 0.4) is 0 Å². The number of aromatic amines is 1. The van der Waals surface area contributed by atoms with Gasteiger partial charge in [-0.1, -0.05) is 30.3 Å². The first kappa shape index (κ1) is 25.0. The maximum Gasteiger partial charge on any atom is 0.407 e. The zero-order valence-electron chi connectivity index (χ0n) is 18.4.